The molecule has 1 aromatic carbocycles. The summed E-state index contributed by atoms with van der Waals surface area (Å²) in [7, 11) is 1.70. The van der Waals surface area contributed by atoms with E-state index in [4.69, 9.17) is 4.74 Å². The van der Waals surface area contributed by atoms with Crippen molar-refractivity contribution in [3.8, 4) is 0 Å². The molecular weight excluding hydrogens is 248 g/mol. The highest BCUT2D eigenvalue weighted by Gasteiger charge is 2.41. The molecule has 1 aliphatic rings. The van der Waals surface area contributed by atoms with Gasteiger partial charge < -0.3 is 10.1 Å². The molecule has 19 heavy (non-hydrogen) atoms. The average Bonchev–Trinajstić information content (AvgIpc) is 3.17. The van der Waals surface area contributed by atoms with Crippen molar-refractivity contribution < 1.29 is 13.5 Å². The Balaban J connectivity index is 1.90. The highest BCUT2D eigenvalue weighted by Crippen LogP contribution is 2.48. The van der Waals surface area contributed by atoms with E-state index in [1.165, 1.54) is 25.0 Å². The van der Waals surface area contributed by atoms with Crippen LogP contribution < -0.4 is 5.32 Å². The van der Waals surface area contributed by atoms with Crippen LogP contribution in [0.25, 0.3) is 0 Å². The Labute approximate surface area is 113 Å². The lowest BCUT2D eigenvalue weighted by atomic mass is 10.0. The number of benzene rings is 1. The van der Waals surface area contributed by atoms with E-state index >= 15 is 0 Å². The normalized spacial score (nSPS) is 18.3. The zero-order chi connectivity index (χ0) is 13.9. The van der Waals surface area contributed by atoms with Crippen molar-refractivity contribution in [3.63, 3.8) is 0 Å². The zero-order valence-corrected chi connectivity index (χ0v) is 11.5. The summed E-state index contributed by atoms with van der Waals surface area (Å²) >= 11 is 0. The minimum absolute atomic E-state index is 0.185. The number of hydrogen-bond acceptors (Lipinski definition) is 2. The number of ether oxygens (including phenoxy) is 1. The van der Waals surface area contributed by atoms with Crippen LogP contribution in [0.4, 0.5) is 8.78 Å². The highest BCUT2D eigenvalue weighted by molar-refractivity contribution is 5.22. The molecule has 0 spiro atoms. The average molecular weight is 269 g/mol. The van der Waals surface area contributed by atoms with Crippen LogP contribution in [-0.4, -0.2) is 20.3 Å². The molecule has 1 aliphatic carbocycles. The molecule has 0 radical (unpaired) electrons. The molecule has 0 aromatic heterocycles. The van der Waals surface area contributed by atoms with E-state index in [1.807, 2.05) is 6.92 Å². The van der Waals surface area contributed by atoms with Gasteiger partial charge in [-0.05, 0) is 49.8 Å². The smallest absolute Gasteiger partial charge is 0.128 e. The summed E-state index contributed by atoms with van der Waals surface area (Å²) in [5.74, 6) is -0.756. The molecule has 0 bridgehead atoms. The summed E-state index contributed by atoms with van der Waals surface area (Å²) in [6.07, 6.45) is 3.39. The molecule has 4 heteroatoms. The first-order chi connectivity index (χ1) is 9.06. The number of hydrogen-bond donors (Lipinski definition) is 1. The third kappa shape index (κ3) is 3.74. The van der Waals surface area contributed by atoms with E-state index in [0.29, 0.717) is 11.0 Å². The molecule has 1 N–H and O–H groups in total. The number of methoxy groups -OCH3 is 1. The van der Waals surface area contributed by atoms with Gasteiger partial charge in [-0.1, -0.05) is 0 Å². The number of halogens is 2. The Hall–Kier alpha value is -1.00. The summed E-state index contributed by atoms with van der Waals surface area (Å²) in [6.45, 7) is 3.45. The van der Waals surface area contributed by atoms with Gasteiger partial charge in [0.25, 0.3) is 0 Å². The fourth-order valence-corrected chi connectivity index (χ4v) is 2.34. The summed E-state index contributed by atoms with van der Waals surface area (Å²) in [6, 6.07) is 3.41. The second kappa shape index (κ2) is 5.97. The van der Waals surface area contributed by atoms with Gasteiger partial charge in [-0.25, -0.2) is 8.78 Å². The molecule has 0 amide bonds. The maximum absolute atomic E-state index is 13.6. The molecule has 0 saturated heterocycles. The number of rotatable bonds is 7. The van der Waals surface area contributed by atoms with Gasteiger partial charge in [-0.3, -0.25) is 0 Å². The van der Waals surface area contributed by atoms with Gasteiger partial charge in [0.1, 0.15) is 11.6 Å². The van der Waals surface area contributed by atoms with Gasteiger partial charge in [0, 0.05) is 31.9 Å². The molecule has 1 aromatic rings. The molecule has 1 fully saturated rings. The fraction of sp³-hybridized carbons (Fsp3) is 0.600. The first-order valence-corrected chi connectivity index (χ1v) is 6.74. The van der Waals surface area contributed by atoms with Gasteiger partial charge in [-0.15, -0.1) is 0 Å². The Morgan fingerprint density at radius 1 is 1.37 bits per heavy atom. The van der Waals surface area contributed by atoms with Crippen LogP contribution >= 0.6 is 0 Å². The van der Waals surface area contributed by atoms with Crippen molar-refractivity contribution >= 4 is 0 Å². The van der Waals surface area contributed by atoms with Crippen molar-refractivity contribution in [2.45, 2.75) is 32.2 Å². The van der Waals surface area contributed by atoms with Crippen LogP contribution in [0.3, 0.4) is 0 Å². The molecule has 0 heterocycles. The minimum Gasteiger partial charge on any atom is -0.385 e. The lowest BCUT2D eigenvalue weighted by Gasteiger charge is -2.20. The van der Waals surface area contributed by atoms with E-state index in [2.05, 4.69) is 5.32 Å². The Bertz CT molecular complexity index is 432. The minimum atomic E-state index is -0.398. The topological polar surface area (TPSA) is 21.3 Å². The van der Waals surface area contributed by atoms with Gasteiger partial charge >= 0.3 is 0 Å². The van der Waals surface area contributed by atoms with Gasteiger partial charge in [0.2, 0.25) is 0 Å². The van der Waals surface area contributed by atoms with Crippen molar-refractivity contribution in [3.05, 3.63) is 35.4 Å². The standard InChI is InChI=1S/C15H21F2NO/c1-11(13-9-12(16)3-4-14(13)17)18-10-15(5-6-15)7-8-19-2/h3-4,9,11,18H,5-8,10H2,1-2H3. The summed E-state index contributed by atoms with van der Waals surface area (Å²) < 4.78 is 31.9. The van der Waals surface area contributed by atoms with Gasteiger partial charge in [0.15, 0.2) is 0 Å². The van der Waals surface area contributed by atoms with Crippen LogP contribution in [-0.2, 0) is 4.74 Å². The van der Waals surface area contributed by atoms with E-state index < -0.39 is 5.82 Å². The lowest BCUT2D eigenvalue weighted by molar-refractivity contribution is 0.170. The van der Waals surface area contributed by atoms with Gasteiger partial charge in [0.05, 0.1) is 0 Å². The predicted octanol–water partition coefficient (Wildman–Crippen LogP) is 3.43. The largest absolute Gasteiger partial charge is 0.385 e. The molecule has 2 nitrogen and oxygen atoms in total. The van der Waals surface area contributed by atoms with Crippen LogP contribution in [0.15, 0.2) is 18.2 Å². The van der Waals surface area contributed by atoms with Crippen molar-refractivity contribution in [2.75, 3.05) is 20.3 Å². The molecular formula is C15H21F2NO. The van der Waals surface area contributed by atoms with E-state index in [1.54, 1.807) is 7.11 Å². The monoisotopic (exact) mass is 269 g/mol. The second-order valence-electron chi connectivity index (χ2n) is 5.51. The molecule has 106 valence electrons. The second-order valence-corrected chi connectivity index (χ2v) is 5.51. The maximum atomic E-state index is 13.6. The lowest BCUT2D eigenvalue weighted by Crippen LogP contribution is -2.28. The summed E-state index contributed by atoms with van der Waals surface area (Å²) in [5, 5.41) is 3.32. The molecule has 1 atom stereocenters. The number of nitrogens with one attached hydrogen (secondary N) is 1. The summed E-state index contributed by atoms with van der Waals surface area (Å²) in [5.41, 5.74) is 0.691. The predicted molar refractivity (Wildman–Crippen MR) is 70.9 cm³/mol. The summed E-state index contributed by atoms with van der Waals surface area (Å²) in [4.78, 5) is 0. The first-order valence-electron chi connectivity index (χ1n) is 6.74. The SMILES string of the molecule is COCCC1(CNC(C)c2cc(F)ccc2F)CC1. The molecule has 2 rings (SSSR count). The first kappa shape index (κ1) is 14.4. The Kier molecular flexibility index (Phi) is 4.53. The van der Waals surface area contributed by atoms with E-state index in [9.17, 15) is 8.78 Å². The molecule has 0 aliphatic heterocycles. The maximum Gasteiger partial charge on any atom is 0.128 e. The van der Waals surface area contributed by atoms with Crippen molar-refractivity contribution in [1.29, 1.82) is 0 Å². The van der Waals surface area contributed by atoms with Crippen LogP contribution in [0, 0.1) is 17.0 Å². The van der Waals surface area contributed by atoms with Crippen LogP contribution in [0.5, 0.6) is 0 Å². The molecule has 1 saturated carbocycles. The van der Waals surface area contributed by atoms with E-state index in [0.717, 1.165) is 25.6 Å². The third-order valence-corrected chi connectivity index (χ3v) is 4.00. The Morgan fingerprint density at radius 2 is 2.11 bits per heavy atom. The van der Waals surface area contributed by atoms with Gasteiger partial charge in [-0.2, -0.15) is 0 Å². The molecule has 1 unspecified atom stereocenters. The third-order valence-electron chi connectivity index (χ3n) is 4.00. The van der Waals surface area contributed by atoms with Crippen LogP contribution in [0.2, 0.25) is 0 Å². The Morgan fingerprint density at radius 3 is 2.74 bits per heavy atom. The van der Waals surface area contributed by atoms with Crippen molar-refractivity contribution in [1.82, 2.24) is 5.32 Å². The quantitative estimate of drug-likeness (QED) is 0.818. The van der Waals surface area contributed by atoms with Crippen molar-refractivity contribution in [2.24, 2.45) is 5.41 Å². The fourth-order valence-electron chi connectivity index (χ4n) is 2.34. The van der Waals surface area contributed by atoms with Crippen LogP contribution in [0.1, 0.15) is 37.8 Å². The highest BCUT2D eigenvalue weighted by atomic mass is 19.1. The van der Waals surface area contributed by atoms with E-state index in [-0.39, 0.29) is 11.9 Å². The zero-order valence-electron chi connectivity index (χ0n) is 11.5.